The van der Waals surface area contributed by atoms with Crippen molar-refractivity contribution in [3.63, 3.8) is 0 Å². The van der Waals surface area contributed by atoms with Gasteiger partial charge in [-0.1, -0.05) is 96.6 Å². The van der Waals surface area contributed by atoms with E-state index in [0.29, 0.717) is 0 Å². The molecule has 0 atom stereocenters. The van der Waals surface area contributed by atoms with Gasteiger partial charge in [0.25, 0.3) is 0 Å². The van der Waals surface area contributed by atoms with Gasteiger partial charge in [0.15, 0.2) is 0 Å². The molecule has 4 aromatic carbocycles. The van der Waals surface area contributed by atoms with Crippen LogP contribution in [-0.2, 0) is 11.2 Å². The predicted octanol–water partition coefficient (Wildman–Crippen LogP) is 7.09. The zero-order valence-corrected chi connectivity index (χ0v) is 20.1. The molecule has 0 aliphatic rings. The molecule has 0 unspecified atom stereocenters. The van der Waals surface area contributed by atoms with Crippen molar-refractivity contribution in [1.82, 2.24) is 9.78 Å². The maximum Gasteiger partial charge on any atom is 0.248 e. The van der Waals surface area contributed by atoms with Crippen molar-refractivity contribution in [2.75, 3.05) is 5.32 Å². The molecule has 0 radical (unpaired) electrons. The van der Waals surface area contributed by atoms with Gasteiger partial charge < -0.3 is 5.32 Å². The monoisotopic (exact) mass is 469 g/mol. The average molecular weight is 470 g/mol. The lowest BCUT2D eigenvalue weighted by atomic mass is 10.0. The molecule has 176 valence electrons. The van der Waals surface area contributed by atoms with Crippen LogP contribution in [-0.4, -0.2) is 15.7 Å². The fourth-order valence-electron chi connectivity index (χ4n) is 4.11. The molecule has 0 spiro atoms. The Morgan fingerprint density at radius 2 is 1.50 bits per heavy atom. The fourth-order valence-corrected chi connectivity index (χ4v) is 4.11. The van der Waals surface area contributed by atoms with Crippen LogP contribution in [0.5, 0.6) is 0 Å². The summed E-state index contributed by atoms with van der Waals surface area (Å²) in [4.78, 5) is 12.9. The summed E-state index contributed by atoms with van der Waals surface area (Å²) in [5.74, 6) is -0.183. The number of rotatable bonds is 7. The smallest absolute Gasteiger partial charge is 0.248 e. The first-order chi connectivity index (χ1) is 17.7. The van der Waals surface area contributed by atoms with Crippen LogP contribution in [0.25, 0.3) is 23.0 Å². The topological polar surface area (TPSA) is 46.9 Å². The number of para-hydroxylation sites is 2. The maximum absolute atomic E-state index is 12.9. The fraction of sp³-hybridized carbons (Fsp3) is 0.0625. The number of carbonyl (C=O) groups excluding carboxylic acids is 1. The van der Waals surface area contributed by atoms with Gasteiger partial charge in [0.1, 0.15) is 0 Å². The van der Waals surface area contributed by atoms with Crippen molar-refractivity contribution >= 4 is 17.7 Å². The number of aryl methyl sites for hydroxylation is 1. The van der Waals surface area contributed by atoms with E-state index >= 15 is 0 Å². The number of benzene rings is 4. The van der Waals surface area contributed by atoms with Gasteiger partial charge in [-0.15, -0.1) is 0 Å². The lowest BCUT2D eigenvalue weighted by molar-refractivity contribution is -0.111. The first-order valence-electron chi connectivity index (χ1n) is 12.0. The molecule has 0 fully saturated rings. The molecule has 1 heterocycles. The number of hydrogen-bond acceptors (Lipinski definition) is 2. The molecule has 1 amide bonds. The first-order valence-corrected chi connectivity index (χ1v) is 12.0. The number of carbonyl (C=O) groups is 1. The van der Waals surface area contributed by atoms with Gasteiger partial charge >= 0.3 is 0 Å². The second kappa shape index (κ2) is 10.7. The zero-order valence-electron chi connectivity index (χ0n) is 20.1. The lowest BCUT2D eigenvalue weighted by Gasteiger charge is -2.10. The number of hydrogen-bond donors (Lipinski definition) is 1. The third-order valence-corrected chi connectivity index (χ3v) is 6.02. The van der Waals surface area contributed by atoms with E-state index < -0.39 is 0 Å². The van der Waals surface area contributed by atoms with Gasteiger partial charge in [0.05, 0.1) is 11.4 Å². The summed E-state index contributed by atoms with van der Waals surface area (Å²) in [7, 11) is 0. The van der Waals surface area contributed by atoms with Gasteiger partial charge in [-0.25, -0.2) is 4.68 Å². The van der Waals surface area contributed by atoms with Crippen molar-refractivity contribution in [2.45, 2.75) is 13.3 Å². The third-order valence-electron chi connectivity index (χ3n) is 6.02. The average Bonchev–Trinajstić information content (AvgIpc) is 3.34. The number of nitrogens with one attached hydrogen (secondary N) is 1. The molecule has 36 heavy (non-hydrogen) atoms. The van der Waals surface area contributed by atoms with Crippen LogP contribution in [0, 0.1) is 6.92 Å². The van der Waals surface area contributed by atoms with Crippen molar-refractivity contribution in [3.05, 3.63) is 144 Å². The molecule has 4 nitrogen and oxygen atoms in total. The van der Waals surface area contributed by atoms with Gasteiger partial charge in [-0.2, -0.15) is 5.10 Å². The molecule has 0 saturated heterocycles. The highest BCUT2D eigenvalue weighted by molar-refractivity contribution is 6.02. The van der Waals surface area contributed by atoms with E-state index in [4.69, 9.17) is 5.10 Å². The quantitative estimate of drug-likeness (QED) is 0.259. The molecule has 0 aliphatic heterocycles. The Bertz CT molecular complexity index is 1480. The zero-order chi connectivity index (χ0) is 24.7. The number of nitrogens with zero attached hydrogens (tertiary/aromatic N) is 2. The molecule has 0 aliphatic carbocycles. The highest BCUT2D eigenvalue weighted by Gasteiger charge is 2.11. The molecule has 5 aromatic rings. The Labute approximate surface area is 211 Å². The minimum atomic E-state index is -0.183. The normalized spacial score (nSPS) is 11.0. The maximum atomic E-state index is 12.9. The standard InChI is InChI=1S/C32H27N3O/c1-24-16-18-26(19-17-24)32-28(23-35(34-32)29-13-6-3-7-14-29)20-21-31(36)33-30-15-9-8-12-27(30)22-25-10-4-2-5-11-25/h2-21,23H,22H2,1H3,(H,33,36). The summed E-state index contributed by atoms with van der Waals surface area (Å²) in [5.41, 5.74) is 7.94. The molecule has 5 rings (SSSR count). The molecule has 1 N–H and O–H groups in total. The molecular formula is C32H27N3O. The van der Waals surface area contributed by atoms with Crippen LogP contribution in [0.4, 0.5) is 5.69 Å². The SMILES string of the molecule is Cc1ccc(-c2nn(-c3ccccc3)cc2C=CC(=O)Nc2ccccc2Cc2ccccc2)cc1. The Morgan fingerprint density at radius 1 is 0.833 bits per heavy atom. The Kier molecular flexibility index (Phi) is 6.86. The second-order valence-corrected chi connectivity index (χ2v) is 8.72. The summed E-state index contributed by atoms with van der Waals surface area (Å²) in [5, 5.41) is 7.89. The van der Waals surface area contributed by atoms with Gasteiger partial charge in [-0.05, 0) is 48.7 Å². The van der Waals surface area contributed by atoms with E-state index in [0.717, 1.165) is 40.2 Å². The lowest BCUT2D eigenvalue weighted by Crippen LogP contribution is -2.10. The van der Waals surface area contributed by atoms with Crippen LogP contribution in [0.3, 0.4) is 0 Å². The molecule has 0 saturated carbocycles. The van der Waals surface area contributed by atoms with E-state index in [1.807, 2.05) is 89.8 Å². The summed E-state index contributed by atoms with van der Waals surface area (Å²) >= 11 is 0. The van der Waals surface area contributed by atoms with Crippen LogP contribution in [0.2, 0.25) is 0 Å². The van der Waals surface area contributed by atoms with Crippen molar-refractivity contribution < 1.29 is 4.79 Å². The summed E-state index contributed by atoms with van der Waals surface area (Å²) in [6.07, 6.45) is 6.11. The Morgan fingerprint density at radius 3 is 2.25 bits per heavy atom. The van der Waals surface area contributed by atoms with Crippen molar-refractivity contribution in [3.8, 4) is 16.9 Å². The summed E-state index contributed by atoms with van der Waals surface area (Å²) in [6, 6.07) is 36.4. The van der Waals surface area contributed by atoms with Crippen LogP contribution in [0.1, 0.15) is 22.3 Å². The van der Waals surface area contributed by atoms with Crippen LogP contribution >= 0.6 is 0 Å². The van der Waals surface area contributed by atoms with E-state index in [2.05, 4.69) is 48.6 Å². The third kappa shape index (κ3) is 5.50. The second-order valence-electron chi connectivity index (χ2n) is 8.72. The molecule has 1 aromatic heterocycles. The number of amides is 1. The van der Waals surface area contributed by atoms with Gasteiger partial charge in [0.2, 0.25) is 5.91 Å². The van der Waals surface area contributed by atoms with Gasteiger partial charge in [0, 0.05) is 29.1 Å². The van der Waals surface area contributed by atoms with Crippen molar-refractivity contribution in [2.24, 2.45) is 0 Å². The summed E-state index contributed by atoms with van der Waals surface area (Å²) < 4.78 is 1.85. The first kappa shape index (κ1) is 23.1. The van der Waals surface area contributed by atoms with E-state index in [9.17, 15) is 4.79 Å². The van der Waals surface area contributed by atoms with E-state index in [1.54, 1.807) is 6.08 Å². The largest absolute Gasteiger partial charge is 0.322 e. The minimum absolute atomic E-state index is 0.183. The number of aromatic nitrogens is 2. The van der Waals surface area contributed by atoms with E-state index in [1.165, 1.54) is 11.1 Å². The molecule has 0 bridgehead atoms. The predicted molar refractivity (Wildman–Crippen MR) is 147 cm³/mol. The minimum Gasteiger partial charge on any atom is -0.322 e. The Hall–Kier alpha value is -4.70. The Balaban J connectivity index is 1.40. The molecular weight excluding hydrogens is 442 g/mol. The highest BCUT2D eigenvalue weighted by atomic mass is 16.1. The number of anilines is 1. The van der Waals surface area contributed by atoms with Crippen molar-refractivity contribution in [1.29, 1.82) is 0 Å². The van der Waals surface area contributed by atoms with Crippen LogP contribution in [0.15, 0.2) is 121 Å². The van der Waals surface area contributed by atoms with Gasteiger partial charge in [-0.3, -0.25) is 4.79 Å². The molecule has 4 heteroatoms. The van der Waals surface area contributed by atoms with Crippen LogP contribution < -0.4 is 5.32 Å². The summed E-state index contributed by atoms with van der Waals surface area (Å²) in [6.45, 7) is 2.06. The highest BCUT2D eigenvalue weighted by Crippen LogP contribution is 2.26. The van der Waals surface area contributed by atoms with E-state index in [-0.39, 0.29) is 5.91 Å².